The average Bonchev–Trinajstić information content (AvgIpc) is 2.62. The number of nitrogens with zero attached hydrogens (tertiary/aromatic N) is 1. The zero-order valence-electron chi connectivity index (χ0n) is 11.6. The van der Waals surface area contributed by atoms with E-state index in [0.717, 1.165) is 24.2 Å². The van der Waals surface area contributed by atoms with Crippen LogP contribution in [0.25, 0.3) is 0 Å². The zero-order chi connectivity index (χ0) is 14.4. The van der Waals surface area contributed by atoms with E-state index in [1.54, 1.807) is 0 Å². The van der Waals surface area contributed by atoms with E-state index < -0.39 is 6.04 Å². The maximum absolute atomic E-state index is 11.8. The molecule has 2 atom stereocenters. The quantitative estimate of drug-likeness (QED) is 0.637. The first-order valence-corrected chi connectivity index (χ1v) is 6.79. The van der Waals surface area contributed by atoms with E-state index >= 15 is 0 Å². The van der Waals surface area contributed by atoms with Crippen LogP contribution in [0.2, 0.25) is 0 Å². The largest absolute Gasteiger partial charge is 0.344 e. The molecule has 6 nitrogen and oxygen atoms in total. The molecule has 2 unspecified atom stereocenters. The first-order valence-electron chi connectivity index (χ1n) is 6.79. The van der Waals surface area contributed by atoms with Gasteiger partial charge in [0.2, 0.25) is 11.8 Å². The minimum atomic E-state index is -0.681. The Bertz CT molecular complexity index is 357. The molecule has 6 heteroatoms. The lowest BCUT2D eigenvalue weighted by Crippen LogP contribution is -2.40. The van der Waals surface area contributed by atoms with Crippen molar-refractivity contribution in [2.75, 3.05) is 13.6 Å². The highest BCUT2D eigenvalue weighted by molar-refractivity contribution is 6.06. The molecule has 1 rings (SSSR count). The van der Waals surface area contributed by atoms with Crippen molar-refractivity contribution >= 4 is 17.7 Å². The third-order valence-electron chi connectivity index (χ3n) is 3.65. The van der Waals surface area contributed by atoms with Crippen molar-refractivity contribution in [1.29, 1.82) is 0 Å². The molecule has 19 heavy (non-hydrogen) atoms. The number of amides is 3. The molecule has 1 aliphatic heterocycles. The second-order valence-corrected chi connectivity index (χ2v) is 5.01. The van der Waals surface area contributed by atoms with Crippen molar-refractivity contribution in [3.8, 4) is 0 Å². The highest BCUT2D eigenvalue weighted by Gasteiger charge is 2.36. The number of likely N-dealkylation sites (tertiary alicyclic amines) is 1. The fraction of sp³-hybridized carbons (Fsp3) is 0.769. The third-order valence-corrected chi connectivity index (χ3v) is 3.65. The van der Waals surface area contributed by atoms with Crippen molar-refractivity contribution in [2.45, 2.75) is 45.1 Å². The Hall–Kier alpha value is -1.43. The smallest absolute Gasteiger partial charge is 0.252 e. The second-order valence-electron chi connectivity index (χ2n) is 5.01. The van der Waals surface area contributed by atoms with Crippen molar-refractivity contribution in [3.63, 3.8) is 0 Å². The summed E-state index contributed by atoms with van der Waals surface area (Å²) in [5, 5.41) is 2.63. The molecule has 0 spiro atoms. The summed E-state index contributed by atoms with van der Waals surface area (Å²) >= 11 is 0. The molecule has 1 saturated heterocycles. The molecular weight excluding hydrogens is 246 g/mol. The molecule has 0 aromatic rings. The Kier molecular flexibility index (Phi) is 5.95. The molecule has 1 heterocycles. The van der Waals surface area contributed by atoms with Crippen LogP contribution in [0, 0.1) is 5.92 Å². The zero-order valence-corrected chi connectivity index (χ0v) is 11.6. The maximum Gasteiger partial charge on any atom is 0.252 e. The predicted octanol–water partition coefficient (Wildman–Crippen LogP) is 0.0151. The molecule has 1 aliphatic rings. The molecule has 108 valence electrons. The van der Waals surface area contributed by atoms with E-state index in [1.807, 2.05) is 0 Å². The minimum absolute atomic E-state index is 0.0705. The van der Waals surface area contributed by atoms with Gasteiger partial charge in [-0.25, -0.2) is 0 Å². The van der Waals surface area contributed by atoms with E-state index in [9.17, 15) is 14.4 Å². The van der Waals surface area contributed by atoms with Crippen molar-refractivity contribution in [3.05, 3.63) is 0 Å². The first-order chi connectivity index (χ1) is 8.99. The molecule has 0 aliphatic carbocycles. The van der Waals surface area contributed by atoms with Crippen LogP contribution >= 0.6 is 0 Å². The fourth-order valence-corrected chi connectivity index (χ4v) is 2.26. The molecule has 0 bridgehead atoms. The van der Waals surface area contributed by atoms with E-state index in [-0.39, 0.29) is 24.1 Å². The average molecular weight is 269 g/mol. The number of carbonyl (C=O) groups excluding carboxylic acids is 3. The van der Waals surface area contributed by atoms with Crippen LogP contribution in [0.15, 0.2) is 0 Å². The summed E-state index contributed by atoms with van der Waals surface area (Å²) in [4.78, 5) is 35.8. The molecule has 3 N–H and O–H groups in total. The number of hydrogen-bond donors (Lipinski definition) is 2. The maximum atomic E-state index is 11.8. The molecule has 0 saturated carbocycles. The van der Waals surface area contributed by atoms with Crippen molar-refractivity contribution in [2.24, 2.45) is 11.7 Å². The van der Waals surface area contributed by atoms with Gasteiger partial charge in [-0.3, -0.25) is 19.3 Å². The van der Waals surface area contributed by atoms with Gasteiger partial charge in [-0.2, -0.15) is 0 Å². The lowest BCUT2D eigenvalue weighted by molar-refractivity contribution is -0.138. The third kappa shape index (κ3) is 4.31. The van der Waals surface area contributed by atoms with Gasteiger partial charge in [-0.15, -0.1) is 0 Å². The van der Waals surface area contributed by atoms with Crippen LogP contribution in [0.1, 0.15) is 39.0 Å². The summed E-state index contributed by atoms with van der Waals surface area (Å²) in [5.74, 6) is -0.298. The van der Waals surface area contributed by atoms with Gasteiger partial charge in [0.15, 0.2) is 0 Å². The van der Waals surface area contributed by atoms with Gasteiger partial charge in [-0.1, -0.05) is 13.3 Å². The van der Waals surface area contributed by atoms with E-state index in [4.69, 9.17) is 5.73 Å². The van der Waals surface area contributed by atoms with E-state index in [1.165, 1.54) is 7.05 Å². The van der Waals surface area contributed by atoms with Gasteiger partial charge in [-0.05, 0) is 25.3 Å². The van der Waals surface area contributed by atoms with Crippen molar-refractivity contribution in [1.82, 2.24) is 10.2 Å². The van der Waals surface area contributed by atoms with Crippen LogP contribution in [0.3, 0.4) is 0 Å². The molecular formula is C13H23N3O3. The van der Waals surface area contributed by atoms with Crippen LogP contribution in [0.5, 0.6) is 0 Å². The van der Waals surface area contributed by atoms with Gasteiger partial charge in [0.1, 0.15) is 6.04 Å². The SMILES string of the molecule is CCC(CCN)CCC(=O)NC1CC(=O)N(C)C1=O. The second kappa shape index (κ2) is 7.23. The first kappa shape index (κ1) is 15.6. The van der Waals surface area contributed by atoms with Gasteiger partial charge < -0.3 is 11.1 Å². The Morgan fingerprint density at radius 3 is 2.63 bits per heavy atom. The Balaban J connectivity index is 2.36. The Morgan fingerprint density at radius 1 is 1.47 bits per heavy atom. The highest BCUT2D eigenvalue weighted by atomic mass is 16.2. The standard InChI is InChI=1S/C13H23N3O3/c1-3-9(6-7-14)4-5-11(17)15-10-8-12(18)16(2)13(10)19/h9-10H,3-8,14H2,1-2H3,(H,15,17). The lowest BCUT2D eigenvalue weighted by atomic mass is 9.96. The number of hydrogen-bond acceptors (Lipinski definition) is 4. The van der Waals surface area contributed by atoms with Crippen molar-refractivity contribution < 1.29 is 14.4 Å². The van der Waals surface area contributed by atoms with Gasteiger partial charge in [0.05, 0.1) is 6.42 Å². The number of nitrogens with one attached hydrogen (secondary N) is 1. The van der Waals surface area contributed by atoms with Gasteiger partial charge >= 0.3 is 0 Å². The van der Waals surface area contributed by atoms with Gasteiger partial charge in [0.25, 0.3) is 5.91 Å². The minimum Gasteiger partial charge on any atom is -0.344 e. The molecule has 3 amide bonds. The highest BCUT2D eigenvalue weighted by Crippen LogP contribution is 2.15. The molecule has 0 aromatic carbocycles. The van der Waals surface area contributed by atoms with E-state index in [2.05, 4.69) is 12.2 Å². The Labute approximate surface area is 113 Å². The summed E-state index contributed by atoms with van der Waals surface area (Å²) < 4.78 is 0. The van der Waals surface area contributed by atoms with Crippen LogP contribution in [0.4, 0.5) is 0 Å². The summed E-state index contributed by atoms with van der Waals surface area (Å²) in [7, 11) is 1.44. The summed E-state index contributed by atoms with van der Waals surface area (Å²) in [6.45, 7) is 2.70. The van der Waals surface area contributed by atoms with Crippen LogP contribution in [-0.2, 0) is 14.4 Å². The molecule has 1 fully saturated rings. The normalized spacial score (nSPS) is 20.8. The van der Waals surface area contributed by atoms with E-state index in [0.29, 0.717) is 18.9 Å². The lowest BCUT2D eigenvalue weighted by Gasteiger charge is -2.14. The van der Waals surface area contributed by atoms with Crippen LogP contribution in [-0.4, -0.2) is 42.3 Å². The summed E-state index contributed by atoms with van der Waals surface area (Å²) in [6.07, 6.45) is 3.12. The summed E-state index contributed by atoms with van der Waals surface area (Å²) in [5.41, 5.74) is 5.50. The number of rotatable bonds is 7. The van der Waals surface area contributed by atoms with Crippen LogP contribution < -0.4 is 11.1 Å². The number of imide groups is 1. The monoisotopic (exact) mass is 269 g/mol. The molecule has 0 radical (unpaired) electrons. The predicted molar refractivity (Wildman–Crippen MR) is 71.0 cm³/mol. The van der Waals surface area contributed by atoms with Gasteiger partial charge in [0, 0.05) is 13.5 Å². The molecule has 0 aromatic heterocycles. The summed E-state index contributed by atoms with van der Waals surface area (Å²) in [6, 6.07) is -0.681. The number of likely N-dealkylation sites (N-methyl/N-ethyl adjacent to an activating group) is 1. The fourth-order valence-electron chi connectivity index (χ4n) is 2.26. The number of carbonyl (C=O) groups is 3. The number of nitrogens with two attached hydrogens (primary N) is 1. The Morgan fingerprint density at radius 2 is 2.16 bits per heavy atom. The topological polar surface area (TPSA) is 92.5 Å².